The van der Waals surface area contributed by atoms with Gasteiger partial charge in [0.2, 0.25) is 47.3 Å². The van der Waals surface area contributed by atoms with Crippen molar-refractivity contribution in [3.05, 3.63) is 93.0 Å². The lowest BCUT2D eigenvalue weighted by Crippen LogP contribution is -2.53. The molecular formula is C92H136N8O24. The molecule has 0 heterocycles. The van der Waals surface area contributed by atoms with Crippen molar-refractivity contribution >= 4 is 71.1 Å². The lowest BCUT2D eigenvalue weighted by atomic mass is 9.77. The van der Waals surface area contributed by atoms with Gasteiger partial charge in [0.1, 0.15) is 94.3 Å². The van der Waals surface area contributed by atoms with Crippen LogP contribution in [0.25, 0.3) is 0 Å². The van der Waals surface area contributed by atoms with E-state index in [9.17, 15) is 38.4 Å². The quantitative estimate of drug-likeness (QED) is 0.0151. The minimum Gasteiger partial charge on any atom is -0.496 e. The Morgan fingerprint density at radius 1 is 0.234 bits per heavy atom. The molecule has 0 radical (unpaired) electrons. The van der Waals surface area contributed by atoms with Crippen molar-refractivity contribution in [3.8, 4) is 46.0 Å². The van der Waals surface area contributed by atoms with Crippen molar-refractivity contribution in [1.29, 1.82) is 0 Å². The molecule has 8 amide bonds. The zero-order chi connectivity index (χ0) is 93.2. The molecule has 4 aromatic carbocycles. The van der Waals surface area contributed by atoms with Gasteiger partial charge >= 0.3 is 23.9 Å². The Bertz CT molecular complexity index is 3720. The fourth-order valence-corrected chi connectivity index (χ4v) is 15.6. The summed E-state index contributed by atoms with van der Waals surface area (Å²) in [5, 5.41) is 23.2. The van der Waals surface area contributed by atoms with Gasteiger partial charge in [-0.05, 0) is 97.3 Å². The second-order valence-electron chi connectivity index (χ2n) is 34.4. The van der Waals surface area contributed by atoms with Crippen molar-refractivity contribution < 1.29 is 114 Å². The third-order valence-corrected chi connectivity index (χ3v) is 22.0. The molecule has 8 atom stereocenters. The van der Waals surface area contributed by atoms with Crippen LogP contribution in [-0.4, -0.2) is 205 Å². The first kappa shape index (κ1) is 103. The van der Waals surface area contributed by atoms with Crippen LogP contribution in [0.5, 0.6) is 46.0 Å². The van der Waals surface area contributed by atoms with Gasteiger partial charge in [0.15, 0.2) is 0 Å². The van der Waals surface area contributed by atoms with Crippen molar-refractivity contribution in [3.63, 3.8) is 0 Å². The van der Waals surface area contributed by atoms with Gasteiger partial charge in [-0.3, -0.25) is 38.4 Å². The summed E-state index contributed by atoms with van der Waals surface area (Å²) in [5.41, 5.74) is 1.75. The SMILES string of the molecule is COC(=O)[C@H](NC(=O)[C@@H](CC(C)C)NC(=O)CC1c2cc(c(OC)cc2OC)C(CC(=O)N[C@H](CC(C)C)C(=O)N[C@@H](C(=O)OC)C(C)C)c2cc(c(OC)cc2OC)C(CC(=O)N[C@H](CC(C)C)C(=O)N[C@@H](C(=O)OC)C(C)C)c2cc(c(OC)cc2OC)C(CC(=O)N[C@H](CC(C)C)C(=O)N[C@@H](C(=O)OC)C(C)C)c2cc1c(OC)cc2OC)C(C)C. The Labute approximate surface area is 730 Å². The van der Waals surface area contributed by atoms with Crippen LogP contribution in [0, 0.1) is 47.3 Å². The maximum atomic E-state index is 15.9. The number of hydrogen-bond donors (Lipinski definition) is 8. The molecule has 0 aromatic heterocycles. The van der Waals surface area contributed by atoms with Crippen LogP contribution in [0.2, 0.25) is 0 Å². The van der Waals surface area contributed by atoms with Crippen LogP contribution in [0.1, 0.15) is 230 Å². The number of fused-ring (bicyclic) bond motifs is 8. The number of hydrogen-bond acceptors (Lipinski definition) is 24. The van der Waals surface area contributed by atoms with Gasteiger partial charge in [-0.15, -0.1) is 0 Å². The monoisotopic (exact) mass is 1740 g/mol. The van der Waals surface area contributed by atoms with Crippen LogP contribution in [0.15, 0.2) is 48.5 Å². The molecule has 688 valence electrons. The molecule has 32 heteroatoms. The number of amides is 8. The standard InChI is InChI=1S/C92H136N8O24/c1-45(2)29-65(85(105)97-81(49(9)10)89(109)121-25)93-77(101)37-53-57-33-59(71(115-19)41-69(57)113-17)54(38-78(102)94-66(30-46(3)4)86(106)98-82(50(11)12)90(110)122-26)61-35-63(75(119-23)43-73(61)117-21)56(40-80(104)96-68(32-48(7)8)88(108)100-84(52(15)16)92(112)124-28)64-36-62(74(118-22)44-76(64)120-24)55(60-34-58(53)70(114-18)42-72(60)116-20)39-79(103)95-67(31-47(5)6)87(107)99-83(51(13)14)91(111)123-27/h33-36,41-56,65-68,81-84H,29-32,37-40H2,1-28H3,(H,93,101)(H,94,102)(H,95,103)(H,96,104)(H,97,105)(H,98,106)(H,99,107)(H,100,108)/t53?,54?,55?,56?,65-,66-,67-,68-,81-,82-,83-,84-/m1/s1. The summed E-state index contributed by atoms with van der Waals surface area (Å²) >= 11 is 0. The summed E-state index contributed by atoms with van der Waals surface area (Å²) in [6.07, 6.45) is -1.92. The normalized spacial score (nSPS) is 16.2. The highest BCUT2D eigenvalue weighted by Crippen LogP contribution is 2.53. The number of carbonyl (C=O) groups is 12. The second-order valence-corrected chi connectivity index (χ2v) is 34.4. The summed E-state index contributed by atoms with van der Waals surface area (Å²) in [7, 11) is 16.0. The van der Waals surface area contributed by atoms with E-state index in [4.69, 9.17) is 56.8 Å². The van der Waals surface area contributed by atoms with Gasteiger partial charge < -0.3 is 99.4 Å². The molecule has 32 nitrogen and oxygen atoms in total. The van der Waals surface area contributed by atoms with E-state index >= 15 is 19.2 Å². The Kier molecular flexibility index (Phi) is 40.3. The molecule has 0 fully saturated rings. The van der Waals surface area contributed by atoms with E-state index in [-0.39, 0.29) is 140 Å². The number of esters is 4. The van der Waals surface area contributed by atoms with Gasteiger partial charge in [0.05, 0.1) is 85.3 Å². The first-order valence-electron chi connectivity index (χ1n) is 42.2. The van der Waals surface area contributed by atoms with Gasteiger partial charge in [-0.2, -0.15) is 0 Å². The zero-order valence-electron chi connectivity index (χ0n) is 77.6. The van der Waals surface area contributed by atoms with Crippen molar-refractivity contribution in [2.45, 2.75) is 234 Å². The molecule has 8 bridgehead atoms. The lowest BCUT2D eigenvalue weighted by Gasteiger charge is -2.32. The van der Waals surface area contributed by atoms with Gasteiger partial charge in [-0.25, -0.2) is 19.2 Å². The van der Waals surface area contributed by atoms with Gasteiger partial charge in [-0.1, -0.05) is 111 Å². The molecule has 5 rings (SSSR count). The second kappa shape index (κ2) is 48.3. The van der Waals surface area contributed by atoms with E-state index in [0.717, 1.165) is 0 Å². The lowest BCUT2D eigenvalue weighted by molar-refractivity contribution is -0.147. The molecule has 4 aromatic rings. The van der Waals surface area contributed by atoms with Crippen molar-refractivity contribution in [1.82, 2.24) is 42.5 Å². The fraction of sp³-hybridized carbons (Fsp3) is 0.609. The Morgan fingerprint density at radius 2 is 0.379 bits per heavy atom. The summed E-state index contributed by atoms with van der Waals surface area (Å²) in [4.78, 5) is 176. The molecular weight excluding hydrogens is 1600 g/mol. The predicted molar refractivity (Wildman–Crippen MR) is 465 cm³/mol. The number of ether oxygens (including phenoxy) is 12. The number of carbonyl (C=O) groups excluding carboxylic acids is 12. The van der Waals surface area contributed by atoms with Gasteiger partial charge in [0, 0.05) is 118 Å². The van der Waals surface area contributed by atoms with E-state index in [1.807, 2.05) is 55.4 Å². The maximum Gasteiger partial charge on any atom is 0.328 e. The van der Waals surface area contributed by atoms with E-state index in [0.29, 0.717) is 0 Å². The number of rotatable bonds is 44. The summed E-state index contributed by atoms with van der Waals surface area (Å²) in [6.45, 7) is 28.7. The minimum absolute atomic E-state index is 0.0796. The summed E-state index contributed by atoms with van der Waals surface area (Å²) in [5.74, 6) is -15.6. The molecule has 124 heavy (non-hydrogen) atoms. The molecule has 0 saturated carbocycles. The topological polar surface area (TPSA) is 412 Å². The van der Waals surface area contributed by atoms with E-state index in [1.54, 1.807) is 104 Å². The highest BCUT2D eigenvalue weighted by Gasteiger charge is 2.42. The van der Waals surface area contributed by atoms with E-state index in [2.05, 4.69) is 42.5 Å². The maximum absolute atomic E-state index is 15.9. The minimum atomic E-state index is -1.30. The summed E-state index contributed by atoms with van der Waals surface area (Å²) in [6, 6.07) is 3.47. The zero-order valence-corrected chi connectivity index (χ0v) is 77.6. The van der Waals surface area contributed by atoms with E-state index in [1.165, 1.54) is 85.3 Å². The molecule has 0 aliphatic heterocycles. The smallest absolute Gasteiger partial charge is 0.328 e. The highest BCUT2D eigenvalue weighted by atomic mass is 16.5. The summed E-state index contributed by atoms with van der Waals surface area (Å²) < 4.78 is 71.8. The average Bonchev–Trinajstić information content (AvgIpc) is 0.744. The van der Waals surface area contributed by atoms with Gasteiger partial charge in [0.25, 0.3) is 0 Å². The first-order chi connectivity index (χ1) is 58.5. The molecule has 0 spiro atoms. The molecule has 0 saturated heterocycles. The third-order valence-electron chi connectivity index (χ3n) is 22.0. The van der Waals surface area contributed by atoms with Crippen LogP contribution in [0.4, 0.5) is 0 Å². The Hall–Kier alpha value is -11.1. The number of benzene rings is 4. The third kappa shape index (κ3) is 27.5. The van der Waals surface area contributed by atoms with Crippen LogP contribution in [-0.2, 0) is 76.5 Å². The molecule has 8 N–H and O–H groups in total. The Balaban J connectivity index is 2.19. The molecule has 1 aliphatic carbocycles. The number of methoxy groups -OCH3 is 12. The predicted octanol–water partition coefficient (Wildman–Crippen LogP) is 9.54. The van der Waals surface area contributed by atoms with Crippen LogP contribution >= 0.6 is 0 Å². The van der Waals surface area contributed by atoms with Crippen LogP contribution < -0.4 is 80.4 Å². The Morgan fingerprint density at radius 3 is 0.492 bits per heavy atom. The van der Waals surface area contributed by atoms with Crippen LogP contribution in [0.3, 0.4) is 0 Å². The average molecular weight is 1740 g/mol. The first-order valence-corrected chi connectivity index (χ1v) is 42.2. The largest absolute Gasteiger partial charge is 0.496 e. The van der Waals surface area contributed by atoms with Crippen molar-refractivity contribution in [2.24, 2.45) is 47.3 Å². The fourth-order valence-electron chi connectivity index (χ4n) is 15.6. The molecule has 1 aliphatic rings. The van der Waals surface area contributed by atoms with Crippen molar-refractivity contribution in [2.75, 3.05) is 85.3 Å². The highest BCUT2D eigenvalue weighted by molar-refractivity contribution is 5.95. The van der Waals surface area contributed by atoms with E-state index < -0.39 is 192 Å². The number of nitrogens with one attached hydrogen (secondary N) is 8. The molecule has 0 unspecified atom stereocenters.